The van der Waals surface area contributed by atoms with Crippen molar-refractivity contribution in [2.45, 2.75) is 59.9 Å². The van der Waals surface area contributed by atoms with Crippen molar-refractivity contribution in [3.63, 3.8) is 0 Å². The molecule has 1 amide bonds. The number of benzene rings is 1. The monoisotopic (exact) mass is 324 g/mol. The van der Waals surface area contributed by atoms with Crippen LogP contribution in [0.25, 0.3) is 10.9 Å². The molecule has 1 aliphatic heterocycles. The molecule has 2 atom stereocenters. The Morgan fingerprint density at radius 2 is 1.96 bits per heavy atom. The summed E-state index contributed by atoms with van der Waals surface area (Å²) < 4.78 is 0. The van der Waals surface area contributed by atoms with E-state index in [2.05, 4.69) is 62.7 Å². The predicted molar refractivity (Wildman–Crippen MR) is 98.3 cm³/mol. The highest BCUT2D eigenvalue weighted by Crippen LogP contribution is 2.52. The Bertz CT molecular complexity index is 832. The van der Waals surface area contributed by atoms with Crippen molar-refractivity contribution < 1.29 is 4.79 Å². The molecule has 0 radical (unpaired) electrons. The van der Waals surface area contributed by atoms with Gasteiger partial charge in [-0.2, -0.15) is 0 Å². The summed E-state index contributed by atoms with van der Waals surface area (Å²) in [5.41, 5.74) is 4.77. The number of hydrogen-bond donors (Lipinski definition) is 1. The number of amides is 1. The average Bonchev–Trinajstić information content (AvgIpc) is 2.92. The lowest BCUT2D eigenvalue weighted by Gasteiger charge is -2.39. The van der Waals surface area contributed by atoms with Crippen LogP contribution in [0, 0.1) is 24.7 Å². The van der Waals surface area contributed by atoms with E-state index in [1.165, 1.54) is 17.4 Å². The number of carbonyl (C=O) groups excluding carboxylic acids is 1. The topological polar surface area (TPSA) is 36.1 Å². The van der Waals surface area contributed by atoms with E-state index >= 15 is 0 Å². The highest BCUT2D eigenvalue weighted by Gasteiger charge is 2.51. The summed E-state index contributed by atoms with van der Waals surface area (Å²) in [6.07, 6.45) is 3.48. The second-order valence-corrected chi connectivity index (χ2v) is 9.32. The first-order chi connectivity index (χ1) is 11.2. The van der Waals surface area contributed by atoms with Crippen LogP contribution < -0.4 is 0 Å². The highest BCUT2D eigenvalue weighted by atomic mass is 16.2. The maximum Gasteiger partial charge on any atom is 0.270 e. The zero-order chi connectivity index (χ0) is 17.3. The lowest BCUT2D eigenvalue weighted by Crippen LogP contribution is -2.38. The van der Waals surface area contributed by atoms with Gasteiger partial charge in [0.05, 0.1) is 0 Å². The molecule has 24 heavy (non-hydrogen) atoms. The molecule has 1 N–H and O–H groups in total. The van der Waals surface area contributed by atoms with Gasteiger partial charge in [0, 0.05) is 23.5 Å². The van der Waals surface area contributed by atoms with E-state index in [9.17, 15) is 4.79 Å². The highest BCUT2D eigenvalue weighted by molar-refractivity contribution is 6.01. The van der Waals surface area contributed by atoms with Crippen LogP contribution in [0.1, 0.15) is 61.6 Å². The Morgan fingerprint density at radius 3 is 2.71 bits per heavy atom. The van der Waals surface area contributed by atoms with Gasteiger partial charge in [0.25, 0.3) is 5.91 Å². The fourth-order valence-corrected chi connectivity index (χ4v) is 5.50. The zero-order valence-electron chi connectivity index (χ0n) is 15.5. The van der Waals surface area contributed by atoms with Crippen LogP contribution in [-0.4, -0.2) is 28.4 Å². The average molecular weight is 324 g/mol. The third-order valence-corrected chi connectivity index (χ3v) is 6.10. The number of aryl methyl sites for hydroxylation is 2. The Labute approximate surface area is 144 Å². The second-order valence-electron chi connectivity index (χ2n) is 9.32. The minimum Gasteiger partial charge on any atom is -0.350 e. The van der Waals surface area contributed by atoms with Crippen molar-refractivity contribution >= 4 is 16.8 Å². The summed E-state index contributed by atoms with van der Waals surface area (Å²) in [5, 5.41) is 1.17. The summed E-state index contributed by atoms with van der Waals surface area (Å²) in [6, 6.07) is 6.74. The van der Waals surface area contributed by atoms with E-state index < -0.39 is 0 Å². The number of hydrogen-bond acceptors (Lipinski definition) is 1. The number of fused-ring (bicyclic) bond motifs is 3. The van der Waals surface area contributed by atoms with Gasteiger partial charge in [-0.05, 0) is 61.6 Å². The molecule has 2 aliphatic rings. The molecule has 1 saturated heterocycles. The van der Waals surface area contributed by atoms with Crippen LogP contribution in [0.15, 0.2) is 18.2 Å². The molecular formula is C21H28N2O. The number of likely N-dealkylation sites (tertiary alicyclic amines) is 1. The SMILES string of the molecule is Cc1ccc2[nH]c(C(=O)N3CC4(C)CC3CC(C)(C)C4)c(C)c2c1. The van der Waals surface area contributed by atoms with Crippen molar-refractivity contribution in [2.75, 3.05) is 6.54 Å². The Balaban J connectivity index is 1.71. The lowest BCUT2D eigenvalue weighted by molar-refractivity contribution is 0.0702. The van der Waals surface area contributed by atoms with Gasteiger partial charge in [0.15, 0.2) is 0 Å². The van der Waals surface area contributed by atoms with Crippen LogP contribution in [0.5, 0.6) is 0 Å². The van der Waals surface area contributed by atoms with Crippen LogP contribution in [0.2, 0.25) is 0 Å². The van der Waals surface area contributed by atoms with Crippen LogP contribution in [0.3, 0.4) is 0 Å². The summed E-state index contributed by atoms with van der Waals surface area (Å²) in [4.78, 5) is 18.9. The molecule has 2 unspecified atom stereocenters. The molecule has 2 aromatic rings. The molecule has 2 fully saturated rings. The first-order valence-electron chi connectivity index (χ1n) is 9.07. The van der Waals surface area contributed by atoms with Gasteiger partial charge in [-0.25, -0.2) is 0 Å². The fourth-order valence-electron chi connectivity index (χ4n) is 5.50. The zero-order valence-corrected chi connectivity index (χ0v) is 15.5. The van der Waals surface area contributed by atoms with Crippen LogP contribution >= 0.6 is 0 Å². The Hall–Kier alpha value is -1.77. The number of carbonyl (C=O) groups is 1. The third kappa shape index (κ3) is 2.37. The van der Waals surface area contributed by atoms with Crippen LogP contribution in [-0.2, 0) is 0 Å². The third-order valence-electron chi connectivity index (χ3n) is 6.10. The minimum absolute atomic E-state index is 0.188. The molecule has 1 aliphatic carbocycles. The number of aromatic amines is 1. The standard InChI is InChI=1S/C21H28N2O/c1-13-6-7-17-16(8-13)14(2)18(22-17)19(24)23-12-21(5)10-15(23)9-20(3,4)11-21/h6-8,15,22H,9-12H2,1-5H3. The molecule has 0 spiro atoms. The molecule has 1 saturated carbocycles. The predicted octanol–water partition coefficient (Wildman–Crippen LogP) is 4.83. The molecule has 3 heteroatoms. The first-order valence-corrected chi connectivity index (χ1v) is 9.07. The van der Waals surface area contributed by atoms with E-state index in [4.69, 9.17) is 0 Å². The molecule has 3 nitrogen and oxygen atoms in total. The first kappa shape index (κ1) is 15.7. The molecule has 1 aromatic heterocycles. The van der Waals surface area contributed by atoms with Gasteiger partial charge >= 0.3 is 0 Å². The number of H-pyrrole nitrogens is 1. The van der Waals surface area contributed by atoms with Gasteiger partial charge in [0.2, 0.25) is 0 Å². The molecule has 1 aromatic carbocycles. The summed E-state index contributed by atoms with van der Waals surface area (Å²) in [5.74, 6) is 0.188. The van der Waals surface area contributed by atoms with Crippen molar-refractivity contribution in [1.82, 2.24) is 9.88 Å². The lowest BCUT2D eigenvalue weighted by atomic mass is 9.65. The van der Waals surface area contributed by atoms with Crippen molar-refractivity contribution in [3.05, 3.63) is 35.0 Å². The number of aromatic nitrogens is 1. The van der Waals surface area contributed by atoms with E-state index in [0.29, 0.717) is 11.5 Å². The largest absolute Gasteiger partial charge is 0.350 e. The van der Waals surface area contributed by atoms with Crippen molar-refractivity contribution in [1.29, 1.82) is 0 Å². The van der Waals surface area contributed by atoms with Gasteiger partial charge in [-0.1, -0.05) is 32.4 Å². The van der Waals surface area contributed by atoms with Crippen molar-refractivity contribution in [3.8, 4) is 0 Å². The number of rotatable bonds is 1. The molecule has 4 rings (SSSR count). The minimum atomic E-state index is 0.188. The smallest absolute Gasteiger partial charge is 0.270 e. The van der Waals surface area contributed by atoms with Gasteiger partial charge in [0.1, 0.15) is 5.69 Å². The van der Waals surface area contributed by atoms with Gasteiger partial charge < -0.3 is 9.88 Å². The van der Waals surface area contributed by atoms with Crippen molar-refractivity contribution in [2.24, 2.45) is 10.8 Å². The Kier molecular flexibility index (Phi) is 3.20. The van der Waals surface area contributed by atoms with E-state index in [1.54, 1.807) is 0 Å². The molecule has 2 heterocycles. The number of nitrogens with zero attached hydrogens (tertiary/aromatic N) is 1. The van der Waals surface area contributed by atoms with E-state index in [-0.39, 0.29) is 11.3 Å². The normalized spacial score (nSPS) is 28.5. The summed E-state index contributed by atoms with van der Waals surface area (Å²) >= 11 is 0. The molecule has 2 bridgehead atoms. The maximum absolute atomic E-state index is 13.3. The van der Waals surface area contributed by atoms with Gasteiger partial charge in [-0.15, -0.1) is 0 Å². The Morgan fingerprint density at radius 1 is 1.21 bits per heavy atom. The summed E-state index contributed by atoms with van der Waals surface area (Å²) in [6.45, 7) is 12.1. The fraction of sp³-hybridized carbons (Fsp3) is 0.571. The molecule has 128 valence electrons. The molecular weight excluding hydrogens is 296 g/mol. The van der Waals surface area contributed by atoms with Crippen LogP contribution in [0.4, 0.5) is 0 Å². The van der Waals surface area contributed by atoms with E-state index in [1.807, 2.05) is 0 Å². The number of nitrogens with one attached hydrogen (secondary N) is 1. The van der Waals surface area contributed by atoms with Gasteiger partial charge in [-0.3, -0.25) is 4.79 Å². The summed E-state index contributed by atoms with van der Waals surface area (Å²) in [7, 11) is 0. The van der Waals surface area contributed by atoms with E-state index in [0.717, 1.165) is 36.2 Å². The second kappa shape index (κ2) is 4.87. The quantitative estimate of drug-likeness (QED) is 0.801. The maximum atomic E-state index is 13.3.